The predicted octanol–water partition coefficient (Wildman–Crippen LogP) is 1.81. The molecule has 0 unspecified atom stereocenters. The molecule has 0 saturated carbocycles. The summed E-state index contributed by atoms with van der Waals surface area (Å²) in [4.78, 5) is 0. The largest absolute Gasteiger partial charge is 0.377 e. The molecular weight excluding hydrogens is 212 g/mol. The standard InChI is InChI=1S/C15H18O2/c1-3-5-6-7-8-12-15(17)13-10-9-11-14(16)4-2/h3-4,8,12,14-17H,1-2,5-7H2/b12-8+/t14-,15-/m0/s1. The average molecular weight is 230 g/mol. The van der Waals surface area contributed by atoms with Crippen molar-refractivity contribution in [3.8, 4) is 23.7 Å². The van der Waals surface area contributed by atoms with Crippen molar-refractivity contribution in [1.29, 1.82) is 0 Å². The first-order valence-electron chi connectivity index (χ1n) is 5.48. The highest BCUT2D eigenvalue weighted by Crippen LogP contribution is 1.97. The van der Waals surface area contributed by atoms with E-state index >= 15 is 0 Å². The first-order valence-corrected chi connectivity index (χ1v) is 5.48. The molecule has 0 fully saturated rings. The van der Waals surface area contributed by atoms with Gasteiger partial charge in [0.25, 0.3) is 0 Å². The number of allylic oxidation sites excluding steroid dienone is 2. The first kappa shape index (κ1) is 15.3. The third-order valence-corrected chi connectivity index (χ3v) is 1.82. The minimum absolute atomic E-state index is 0.811. The minimum atomic E-state index is -0.865. The van der Waals surface area contributed by atoms with Crippen molar-refractivity contribution in [2.45, 2.75) is 31.5 Å². The first-order chi connectivity index (χ1) is 8.20. The topological polar surface area (TPSA) is 40.5 Å². The van der Waals surface area contributed by atoms with Crippen molar-refractivity contribution in [2.75, 3.05) is 0 Å². The van der Waals surface area contributed by atoms with E-state index in [0.717, 1.165) is 19.3 Å². The fourth-order valence-electron chi connectivity index (χ4n) is 0.932. The molecular formula is C15H18O2. The van der Waals surface area contributed by atoms with Gasteiger partial charge in [0, 0.05) is 0 Å². The molecule has 17 heavy (non-hydrogen) atoms. The van der Waals surface area contributed by atoms with E-state index in [1.54, 1.807) is 6.08 Å². The Bertz CT molecular complexity index is 371. The van der Waals surface area contributed by atoms with E-state index in [-0.39, 0.29) is 0 Å². The molecule has 0 heterocycles. The summed E-state index contributed by atoms with van der Waals surface area (Å²) < 4.78 is 0. The summed E-state index contributed by atoms with van der Waals surface area (Å²) in [6.45, 7) is 7.00. The van der Waals surface area contributed by atoms with E-state index in [1.807, 2.05) is 12.2 Å². The molecule has 90 valence electrons. The van der Waals surface area contributed by atoms with Crippen LogP contribution < -0.4 is 0 Å². The highest BCUT2D eigenvalue weighted by molar-refractivity contribution is 5.31. The molecule has 0 amide bonds. The Morgan fingerprint density at radius 2 is 1.65 bits per heavy atom. The van der Waals surface area contributed by atoms with Crippen molar-refractivity contribution in [2.24, 2.45) is 0 Å². The molecule has 0 spiro atoms. The SMILES string of the molecule is C=CCCC/C=C/[C@H](O)C#CC#C[C@@H](O)C=C. The molecule has 0 aromatic carbocycles. The lowest BCUT2D eigenvalue weighted by molar-refractivity contribution is 0.280. The number of aliphatic hydroxyl groups is 2. The van der Waals surface area contributed by atoms with Gasteiger partial charge in [-0.15, -0.1) is 6.58 Å². The second kappa shape index (κ2) is 10.8. The summed E-state index contributed by atoms with van der Waals surface area (Å²) in [6, 6.07) is 0. The minimum Gasteiger partial charge on any atom is -0.377 e. The van der Waals surface area contributed by atoms with E-state index in [0.29, 0.717) is 0 Å². The van der Waals surface area contributed by atoms with Crippen LogP contribution in [-0.2, 0) is 0 Å². The van der Waals surface area contributed by atoms with Crippen LogP contribution in [0.3, 0.4) is 0 Å². The van der Waals surface area contributed by atoms with Crippen LogP contribution >= 0.6 is 0 Å². The maximum atomic E-state index is 9.40. The lowest BCUT2D eigenvalue weighted by Crippen LogP contribution is -1.97. The van der Waals surface area contributed by atoms with Gasteiger partial charge in [-0.3, -0.25) is 0 Å². The Balaban J connectivity index is 3.95. The van der Waals surface area contributed by atoms with Gasteiger partial charge in [-0.1, -0.05) is 36.6 Å². The number of aliphatic hydroxyl groups excluding tert-OH is 2. The smallest absolute Gasteiger partial charge is 0.134 e. The summed E-state index contributed by atoms with van der Waals surface area (Å²) in [5.41, 5.74) is 0. The molecule has 2 heteroatoms. The third-order valence-electron chi connectivity index (χ3n) is 1.82. The summed E-state index contributed by atoms with van der Waals surface area (Å²) in [5, 5.41) is 18.4. The van der Waals surface area contributed by atoms with Crippen molar-refractivity contribution in [1.82, 2.24) is 0 Å². The normalized spacial score (nSPS) is 12.8. The number of hydrogen-bond donors (Lipinski definition) is 2. The molecule has 0 rings (SSSR count). The second-order valence-corrected chi connectivity index (χ2v) is 3.31. The summed E-state index contributed by atoms with van der Waals surface area (Å²) >= 11 is 0. The van der Waals surface area contributed by atoms with Crippen molar-refractivity contribution in [3.05, 3.63) is 37.5 Å². The van der Waals surface area contributed by atoms with Crippen LogP contribution in [0.15, 0.2) is 37.5 Å². The van der Waals surface area contributed by atoms with Crippen LogP contribution in [-0.4, -0.2) is 22.4 Å². The van der Waals surface area contributed by atoms with Gasteiger partial charge in [0.15, 0.2) is 0 Å². The fraction of sp³-hybridized carbons (Fsp3) is 0.333. The zero-order valence-corrected chi connectivity index (χ0v) is 9.89. The van der Waals surface area contributed by atoms with Gasteiger partial charge < -0.3 is 10.2 Å². The molecule has 0 aromatic rings. The van der Waals surface area contributed by atoms with Gasteiger partial charge in [-0.2, -0.15) is 0 Å². The molecule has 0 aliphatic heterocycles. The van der Waals surface area contributed by atoms with E-state index < -0.39 is 12.2 Å². The third kappa shape index (κ3) is 10.5. The number of hydrogen-bond acceptors (Lipinski definition) is 2. The molecule has 2 nitrogen and oxygen atoms in total. The predicted molar refractivity (Wildman–Crippen MR) is 71.0 cm³/mol. The summed E-state index contributed by atoms with van der Waals surface area (Å²) in [7, 11) is 0. The molecule has 0 saturated heterocycles. The second-order valence-electron chi connectivity index (χ2n) is 3.31. The molecule has 0 aromatic heterocycles. The monoisotopic (exact) mass is 230 g/mol. The molecule has 2 N–H and O–H groups in total. The van der Waals surface area contributed by atoms with E-state index in [4.69, 9.17) is 5.11 Å². The highest BCUT2D eigenvalue weighted by atomic mass is 16.3. The van der Waals surface area contributed by atoms with Crippen LogP contribution in [0.25, 0.3) is 0 Å². The molecule has 0 radical (unpaired) electrons. The zero-order valence-electron chi connectivity index (χ0n) is 9.89. The Labute approximate surface area is 103 Å². The molecule has 2 atom stereocenters. The van der Waals surface area contributed by atoms with Crippen LogP contribution in [0.1, 0.15) is 19.3 Å². The lowest BCUT2D eigenvalue weighted by Gasteiger charge is -1.93. The van der Waals surface area contributed by atoms with E-state index in [9.17, 15) is 5.11 Å². The van der Waals surface area contributed by atoms with Gasteiger partial charge in [-0.05, 0) is 37.2 Å². The average Bonchev–Trinajstić information content (AvgIpc) is 2.34. The molecule has 0 aliphatic rings. The van der Waals surface area contributed by atoms with Crippen LogP contribution in [0, 0.1) is 23.7 Å². The van der Waals surface area contributed by atoms with Gasteiger partial charge in [0.2, 0.25) is 0 Å². The molecule has 0 bridgehead atoms. The van der Waals surface area contributed by atoms with Crippen LogP contribution in [0.5, 0.6) is 0 Å². The van der Waals surface area contributed by atoms with E-state index in [2.05, 4.69) is 36.8 Å². The van der Waals surface area contributed by atoms with Crippen molar-refractivity contribution < 1.29 is 10.2 Å². The van der Waals surface area contributed by atoms with Crippen LogP contribution in [0.4, 0.5) is 0 Å². The highest BCUT2D eigenvalue weighted by Gasteiger charge is 1.89. The van der Waals surface area contributed by atoms with Crippen molar-refractivity contribution in [3.63, 3.8) is 0 Å². The fourth-order valence-corrected chi connectivity index (χ4v) is 0.932. The Hall–Kier alpha value is -1.74. The van der Waals surface area contributed by atoms with Gasteiger partial charge in [-0.25, -0.2) is 0 Å². The Kier molecular flexibility index (Phi) is 9.67. The van der Waals surface area contributed by atoms with Gasteiger partial charge in [0.05, 0.1) is 0 Å². The molecule has 0 aliphatic carbocycles. The van der Waals surface area contributed by atoms with E-state index in [1.165, 1.54) is 6.08 Å². The summed E-state index contributed by atoms with van der Waals surface area (Å²) in [6.07, 6.45) is 7.89. The number of unbranched alkanes of at least 4 members (excludes halogenated alkanes) is 2. The maximum Gasteiger partial charge on any atom is 0.134 e. The Morgan fingerprint density at radius 3 is 2.24 bits per heavy atom. The van der Waals surface area contributed by atoms with Crippen LogP contribution in [0.2, 0.25) is 0 Å². The lowest BCUT2D eigenvalue weighted by atomic mass is 10.2. The zero-order chi connectivity index (χ0) is 12.9. The van der Waals surface area contributed by atoms with Gasteiger partial charge >= 0.3 is 0 Å². The van der Waals surface area contributed by atoms with Gasteiger partial charge in [0.1, 0.15) is 12.2 Å². The van der Waals surface area contributed by atoms with Crippen molar-refractivity contribution >= 4 is 0 Å². The quantitative estimate of drug-likeness (QED) is 0.415. The Morgan fingerprint density at radius 1 is 1.00 bits per heavy atom. The number of rotatable bonds is 6. The summed E-state index contributed by atoms with van der Waals surface area (Å²) in [5.74, 6) is 9.88. The maximum absolute atomic E-state index is 9.40.